The Labute approximate surface area is 191 Å². The van der Waals surface area contributed by atoms with Gasteiger partial charge in [0.05, 0.1) is 5.56 Å². The second-order valence-corrected chi connectivity index (χ2v) is 7.34. The highest BCUT2D eigenvalue weighted by Gasteiger charge is 2.12. The molecule has 3 aromatic rings. The summed E-state index contributed by atoms with van der Waals surface area (Å²) >= 11 is 6.14. The van der Waals surface area contributed by atoms with E-state index in [2.05, 4.69) is 0 Å². The van der Waals surface area contributed by atoms with Crippen LogP contribution in [0.15, 0.2) is 66.7 Å². The van der Waals surface area contributed by atoms with Crippen molar-refractivity contribution in [2.24, 2.45) is 0 Å². The molecule has 166 valence electrons. The van der Waals surface area contributed by atoms with Crippen molar-refractivity contribution in [2.75, 3.05) is 19.8 Å². The number of halogens is 1. The maximum Gasteiger partial charge on any atom is 0.349 e. The number of aryl methyl sites for hydroxylation is 2. The minimum Gasteiger partial charge on any atom is -0.490 e. The van der Waals surface area contributed by atoms with Gasteiger partial charge in [-0.05, 0) is 67.4 Å². The van der Waals surface area contributed by atoms with Crippen LogP contribution in [0, 0.1) is 13.8 Å². The zero-order valence-electron chi connectivity index (χ0n) is 17.8. The molecule has 3 aromatic carbocycles. The van der Waals surface area contributed by atoms with Gasteiger partial charge in [-0.2, -0.15) is 0 Å². The number of carbonyl (C=O) groups is 2. The molecule has 0 fully saturated rings. The Balaban J connectivity index is 1.47. The highest BCUT2D eigenvalue weighted by atomic mass is 35.5. The molecule has 0 radical (unpaired) electrons. The van der Waals surface area contributed by atoms with E-state index in [4.69, 9.17) is 30.5 Å². The van der Waals surface area contributed by atoms with Crippen LogP contribution in [-0.4, -0.2) is 31.8 Å². The van der Waals surface area contributed by atoms with Crippen LogP contribution in [0.25, 0.3) is 0 Å². The van der Waals surface area contributed by atoms with Crippen molar-refractivity contribution in [3.05, 3.63) is 88.4 Å². The van der Waals surface area contributed by atoms with Gasteiger partial charge in [0.1, 0.15) is 30.5 Å². The van der Waals surface area contributed by atoms with Crippen LogP contribution in [0.2, 0.25) is 5.02 Å². The molecule has 0 bridgehead atoms. The lowest BCUT2D eigenvalue weighted by atomic mass is 10.1. The highest BCUT2D eigenvalue weighted by molar-refractivity contribution is 6.32. The lowest BCUT2D eigenvalue weighted by Gasteiger charge is -2.10. The van der Waals surface area contributed by atoms with E-state index in [0.717, 1.165) is 11.1 Å². The second kappa shape index (κ2) is 11.2. The van der Waals surface area contributed by atoms with E-state index in [1.165, 1.54) is 6.07 Å². The van der Waals surface area contributed by atoms with Crippen LogP contribution in [-0.2, 0) is 9.53 Å². The van der Waals surface area contributed by atoms with Crippen molar-refractivity contribution in [2.45, 2.75) is 13.8 Å². The van der Waals surface area contributed by atoms with E-state index in [0.29, 0.717) is 16.5 Å². The molecule has 0 aliphatic carbocycles. The van der Waals surface area contributed by atoms with Gasteiger partial charge in [-0.15, -0.1) is 0 Å². The number of carbonyl (C=O) groups excluding carboxylic acids is 2. The van der Waals surface area contributed by atoms with Crippen molar-refractivity contribution in [3.63, 3.8) is 0 Å². The third-order valence-electron chi connectivity index (χ3n) is 4.40. The van der Waals surface area contributed by atoms with Crippen LogP contribution in [0.5, 0.6) is 17.2 Å². The van der Waals surface area contributed by atoms with Crippen molar-refractivity contribution in [1.82, 2.24) is 0 Å². The molecule has 0 aromatic heterocycles. The Kier molecular flexibility index (Phi) is 8.11. The summed E-state index contributed by atoms with van der Waals surface area (Å²) in [6.07, 6.45) is 0. The molecule has 0 spiro atoms. The first-order valence-electron chi connectivity index (χ1n) is 9.97. The molecule has 0 heterocycles. The number of ether oxygens (including phenoxy) is 4. The Morgan fingerprint density at radius 2 is 1.47 bits per heavy atom. The second-order valence-electron chi connectivity index (χ2n) is 6.96. The van der Waals surface area contributed by atoms with Crippen LogP contribution >= 0.6 is 11.6 Å². The monoisotopic (exact) mass is 454 g/mol. The minimum absolute atomic E-state index is 0.0888. The van der Waals surface area contributed by atoms with E-state index in [-0.39, 0.29) is 31.1 Å². The Bertz CT molecular complexity index is 1060. The normalized spacial score (nSPS) is 10.3. The fourth-order valence-electron chi connectivity index (χ4n) is 2.87. The average molecular weight is 455 g/mol. The summed E-state index contributed by atoms with van der Waals surface area (Å²) in [6, 6.07) is 18.9. The summed E-state index contributed by atoms with van der Waals surface area (Å²) in [5, 5.41) is 0.662. The van der Waals surface area contributed by atoms with Crippen molar-refractivity contribution >= 4 is 23.5 Å². The number of esters is 2. The fraction of sp³-hybridized carbons (Fsp3) is 0.200. The molecule has 0 N–H and O–H groups in total. The van der Waals surface area contributed by atoms with E-state index in [1.807, 2.05) is 44.2 Å². The van der Waals surface area contributed by atoms with E-state index in [1.54, 1.807) is 30.3 Å². The van der Waals surface area contributed by atoms with Gasteiger partial charge in [-0.3, -0.25) is 0 Å². The predicted octanol–water partition coefficient (Wildman–Crippen LogP) is 5.18. The maximum absolute atomic E-state index is 12.2. The molecule has 0 aliphatic rings. The maximum atomic E-state index is 12.2. The molecular weight excluding hydrogens is 432 g/mol. The van der Waals surface area contributed by atoms with Crippen LogP contribution in [0.4, 0.5) is 0 Å². The summed E-state index contributed by atoms with van der Waals surface area (Å²) in [5.41, 5.74) is 1.98. The summed E-state index contributed by atoms with van der Waals surface area (Å²) in [7, 11) is 0. The Morgan fingerprint density at radius 1 is 0.781 bits per heavy atom. The van der Waals surface area contributed by atoms with E-state index >= 15 is 0 Å². The third kappa shape index (κ3) is 6.75. The van der Waals surface area contributed by atoms with Crippen molar-refractivity contribution in [1.29, 1.82) is 0 Å². The van der Waals surface area contributed by atoms with Gasteiger partial charge in [0.25, 0.3) is 0 Å². The number of hydrogen-bond donors (Lipinski definition) is 0. The SMILES string of the molecule is Cc1cc(OCC(=O)Oc2cccc(C(=O)OCCOc3ccccc3)c2)cc(C)c1Cl. The molecule has 0 amide bonds. The summed E-state index contributed by atoms with van der Waals surface area (Å²) < 4.78 is 21.5. The first kappa shape index (κ1) is 23.2. The number of benzene rings is 3. The zero-order chi connectivity index (χ0) is 22.9. The molecule has 0 aliphatic heterocycles. The van der Waals surface area contributed by atoms with Gasteiger partial charge < -0.3 is 18.9 Å². The molecule has 0 saturated heterocycles. The number of rotatable bonds is 9. The van der Waals surface area contributed by atoms with Gasteiger partial charge in [-0.1, -0.05) is 35.9 Å². The van der Waals surface area contributed by atoms with Gasteiger partial charge >= 0.3 is 11.9 Å². The molecule has 0 unspecified atom stereocenters. The Hall–Kier alpha value is -3.51. The molecule has 7 heteroatoms. The fourth-order valence-corrected chi connectivity index (χ4v) is 2.98. The average Bonchev–Trinajstić information content (AvgIpc) is 2.79. The first-order chi connectivity index (χ1) is 15.4. The zero-order valence-corrected chi connectivity index (χ0v) is 18.6. The third-order valence-corrected chi connectivity index (χ3v) is 4.99. The molecule has 3 rings (SSSR count). The summed E-state index contributed by atoms with van der Waals surface area (Å²) in [4.78, 5) is 24.4. The van der Waals surface area contributed by atoms with E-state index in [9.17, 15) is 9.59 Å². The van der Waals surface area contributed by atoms with Crippen molar-refractivity contribution in [3.8, 4) is 17.2 Å². The smallest absolute Gasteiger partial charge is 0.349 e. The van der Waals surface area contributed by atoms with Crippen molar-refractivity contribution < 1.29 is 28.5 Å². The topological polar surface area (TPSA) is 71.1 Å². The minimum atomic E-state index is -0.600. The quantitative estimate of drug-likeness (QED) is 0.252. The predicted molar refractivity (Wildman–Crippen MR) is 121 cm³/mol. The van der Waals surface area contributed by atoms with Gasteiger partial charge in [0.15, 0.2) is 6.61 Å². The summed E-state index contributed by atoms with van der Waals surface area (Å²) in [5.74, 6) is 0.303. The van der Waals surface area contributed by atoms with Crippen LogP contribution < -0.4 is 14.2 Å². The number of hydrogen-bond acceptors (Lipinski definition) is 6. The molecule has 0 atom stereocenters. The lowest BCUT2D eigenvalue weighted by Crippen LogP contribution is -2.18. The van der Waals surface area contributed by atoms with E-state index < -0.39 is 11.9 Å². The highest BCUT2D eigenvalue weighted by Crippen LogP contribution is 2.26. The molecular formula is C25H23ClO6. The number of para-hydroxylation sites is 1. The molecule has 6 nitrogen and oxygen atoms in total. The largest absolute Gasteiger partial charge is 0.490 e. The van der Waals surface area contributed by atoms with Gasteiger partial charge in [-0.25, -0.2) is 9.59 Å². The standard InChI is InChI=1S/C25H23ClO6/c1-17-13-22(14-18(2)24(17)26)31-16-23(27)32-21-10-6-7-19(15-21)25(28)30-12-11-29-20-8-4-3-5-9-20/h3-10,13-15H,11-12,16H2,1-2H3. The lowest BCUT2D eigenvalue weighted by molar-refractivity contribution is -0.136. The molecule has 0 saturated carbocycles. The Morgan fingerprint density at radius 3 is 2.19 bits per heavy atom. The van der Waals surface area contributed by atoms with Gasteiger partial charge in [0, 0.05) is 5.02 Å². The molecule has 32 heavy (non-hydrogen) atoms. The van der Waals surface area contributed by atoms with Gasteiger partial charge in [0.2, 0.25) is 0 Å². The summed E-state index contributed by atoms with van der Waals surface area (Å²) in [6.45, 7) is 3.75. The van der Waals surface area contributed by atoms with Crippen LogP contribution in [0.1, 0.15) is 21.5 Å². The first-order valence-corrected chi connectivity index (χ1v) is 10.4. The van der Waals surface area contributed by atoms with Crippen LogP contribution in [0.3, 0.4) is 0 Å².